The van der Waals surface area contributed by atoms with Gasteiger partial charge in [0.05, 0.1) is 18.0 Å². The Morgan fingerprint density at radius 2 is 2.35 bits per heavy atom. The predicted molar refractivity (Wildman–Crippen MR) is 65.1 cm³/mol. The summed E-state index contributed by atoms with van der Waals surface area (Å²) in [4.78, 5) is 2.22. The lowest BCUT2D eigenvalue weighted by atomic mass is 10.1. The van der Waals surface area contributed by atoms with Gasteiger partial charge in [0.2, 0.25) is 10.0 Å². The van der Waals surface area contributed by atoms with E-state index in [4.69, 9.17) is 0 Å². The van der Waals surface area contributed by atoms with E-state index in [0.29, 0.717) is 6.54 Å². The molecule has 7 heteroatoms. The second-order valence-electron chi connectivity index (χ2n) is 4.57. The SMILES string of the molecule is CN1Cc2ccnn2[C@@H](CCNS(C)(=O)=O)C1. The Bertz CT molecular complexity index is 482. The van der Waals surface area contributed by atoms with E-state index in [1.807, 2.05) is 10.7 Å². The Morgan fingerprint density at radius 3 is 3.06 bits per heavy atom. The summed E-state index contributed by atoms with van der Waals surface area (Å²) in [6.07, 6.45) is 3.73. The van der Waals surface area contributed by atoms with Gasteiger partial charge in [0, 0.05) is 25.8 Å². The number of nitrogens with zero attached hydrogens (tertiary/aromatic N) is 3. The van der Waals surface area contributed by atoms with Crippen LogP contribution in [0.5, 0.6) is 0 Å². The summed E-state index contributed by atoms with van der Waals surface area (Å²) in [6.45, 7) is 2.26. The van der Waals surface area contributed by atoms with E-state index < -0.39 is 10.0 Å². The van der Waals surface area contributed by atoms with Crippen molar-refractivity contribution in [3.8, 4) is 0 Å². The van der Waals surface area contributed by atoms with Crippen molar-refractivity contribution in [2.45, 2.75) is 19.0 Å². The summed E-state index contributed by atoms with van der Waals surface area (Å²) >= 11 is 0. The Hall–Kier alpha value is -0.920. The molecule has 0 saturated carbocycles. The standard InChI is InChI=1S/C10H18N4O2S/c1-13-7-9-3-5-11-14(9)10(8-13)4-6-12-17(2,15)16/h3,5,10,12H,4,6-8H2,1-2H3/t10-/m0/s1. The third-order valence-corrected chi connectivity index (χ3v) is 3.62. The Labute approximate surface area is 102 Å². The fraction of sp³-hybridized carbons (Fsp3) is 0.700. The topological polar surface area (TPSA) is 67.2 Å². The summed E-state index contributed by atoms with van der Waals surface area (Å²) in [5, 5.41) is 4.30. The Morgan fingerprint density at radius 1 is 1.59 bits per heavy atom. The fourth-order valence-corrected chi connectivity index (χ4v) is 2.69. The van der Waals surface area contributed by atoms with Gasteiger partial charge in [-0.05, 0) is 19.5 Å². The molecule has 1 aromatic rings. The maximum absolute atomic E-state index is 11.0. The van der Waals surface area contributed by atoms with E-state index >= 15 is 0 Å². The second kappa shape index (κ2) is 4.75. The molecule has 0 fully saturated rings. The molecule has 0 spiro atoms. The van der Waals surface area contributed by atoms with Crippen LogP contribution in [0.1, 0.15) is 18.2 Å². The molecule has 1 aliphatic heterocycles. The molecule has 0 unspecified atom stereocenters. The zero-order chi connectivity index (χ0) is 12.5. The normalized spacial score (nSPS) is 21.4. The zero-order valence-corrected chi connectivity index (χ0v) is 10.9. The van der Waals surface area contributed by atoms with Crippen molar-refractivity contribution in [3.05, 3.63) is 18.0 Å². The van der Waals surface area contributed by atoms with Gasteiger partial charge in [-0.3, -0.25) is 9.58 Å². The quantitative estimate of drug-likeness (QED) is 0.813. The van der Waals surface area contributed by atoms with Crippen molar-refractivity contribution in [1.29, 1.82) is 0 Å². The summed E-state index contributed by atoms with van der Waals surface area (Å²) < 4.78 is 26.5. The number of fused-ring (bicyclic) bond motifs is 1. The van der Waals surface area contributed by atoms with Crippen molar-refractivity contribution in [1.82, 2.24) is 19.4 Å². The van der Waals surface area contributed by atoms with E-state index in [1.54, 1.807) is 6.20 Å². The van der Waals surface area contributed by atoms with Crippen LogP contribution < -0.4 is 4.72 Å². The molecule has 0 radical (unpaired) electrons. The fourth-order valence-electron chi connectivity index (χ4n) is 2.20. The molecule has 1 aromatic heterocycles. The first-order valence-corrected chi connectivity index (χ1v) is 7.50. The third kappa shape index (κ3) is 3.27. The number of likely N-dealkylation sites (N-methyl/N-ethyl adjacent to an activating group) is 1. The molecule has 0 aliphatic carbocycles. The number of rotatable bonds is 4. The molecule has 0 aromatic carbocycles. The molecular formula is C10H18N4O2S. The molecule has 1 N–H and O–H groups in total. The highest BCUT2D eigenvalue weighted by Crippen LogP contribution is 2.21. The maximum atomic E-state index is 11.0. The van der Waals surface area contributed by atoms with Crippen LogP contribution in [-0.4, -0.2) is 49.5 Å². The predicted octanol–water partition coefficient (Wildman–Crippen LogP) is -0.191. The minimum Gasteiger partial charge on any atom is -0.298 e. The molecule has 0 saturated heterocycles. The van der Waals surface area contributed by atoms with E-state index in [0.717, 1.165) is 19.5 Å². The van der Waals surface area contributed by atoms with Crippen LogP contribution in [0.2, 0.25) is 0 Å². The first-order valence-electron chi connectivity index (χ1n) is 5.61. The molecule has 1 atom stereocenters. The molecule has 0 amide bonds. The van der Waals surface area contributed by atoms with Gasteiger partial charge in [-0.15, -0.1) is 0 Å². The smallest absolute Gasteiger partial charge is 0.208 e. The van der Waals surface area contributed by atoms with Crippen molar-refractivity contribution >= 4 is 10.0 Å². The van der Waals surface area contributed by atoms with Crippen molar-refractivity contribution in [2.75, 3.05) is 26.4 Å². The number of hydrogen-bond donors (Lipinski definition) is 1. The largest absolute Gasteiger partial charge is 0.298 e. The van der Waals surface area contributed by atoms with Crippen LogP contribution in [0.15, 0.2) is 12.3 Å². The number of aromatic nitrogens is 2. The lowest BCUT2D eigenvalue weighted by Crippen LogP contribution is -2.37. The monoisotopic (exact) mass is 258 g/mol. The number of sulfonamides is 1. The molecule has 2 heterocycles. The Balaban J connectivity index is 1.98. The maximum Gasteiger partial charge on any atom is 0.208 e. The highest BCUT2D eigenvalue weighted by atomic mass is 32.2. The molecule has 0 bridgehead atoms. The molecule has 6 nitrogen and oxygen atoms in total. The van der Waals surface area contributed by atoms with Crippen LogP contribution in [0.25, 0.3) is 0 Å². The first-order chi connectivity index (χ1) is 7.96. The zero-order valence-electron chi connectivity index (χ0n) is 10.1. The lowest BCUT2D eigenvalue weighted by molar-refractivity contribution is 0.203. The highest BCUT2D eigenvalue weighted by molar-refractivity contribution is 7.88. The first kappa shape index (κ1) is 12.5. The Kier molecular flexibility index (Phi) is 3.50. The van der Waals surface area contributed by atoms with Crippen molar-refractivity contribution in [3.63, 3.8) is 0 Å². The van der Waals surface area contributed by atoms with Gasteiger partial charge in [-0.25, -0.2) is 13.1 Å². The summed E-state index contributed by atoms with van der Waals surface area (Å²) in [5.41, 5.74) is 1.18. The van der Waals surface area contributed by atoms with Gasteiger partial charge < -0.3 is 0 Å². The van der Waals surface area contributed by atoms with E-state index in [2.05, 4.69) is 21.8 Å². The molecule has 1 aliphatic rings. The van der Waals surface area contributed by atoms with Gasteiger partial charge in [0.1, 0.15) is 0 Å². The molecule has 17 heavy (non-hydrogen) atoms. The average molecular weight is 258 g/mol. The van der Waals surface area contributed by atoms with Crippen molar-refractivity contribution in [2.24, 2.45) is 0 Å². The third-order valence-electron chi connectivity index (χ3n) is 2.89. The summed E-state index contributed by atoms with van der Waals surface area (Å²) in [7, 11) is -1.03. The van der Waals surface area contributed by atoms with Gasteiger partial charge >= 0.3 is 0 Å². The van der Waals surface area contributed by atoms with Gasteiger partial charge in [0.25, 0.3) is 0 Å². The summed E-state index contributed by atoms with van der Waals surface area (Å²) in [5.74, 6) is 0. The molecule has 96 valence electrons. The van der Waals surface area contributed by atoms with Crippen molar-refractivity contribution < 1.29 is 8.42 Å². The minimum absolute atomic E-state index is 0.244. The molecular weight excluding hydrogens is 240 g/mol. The van der Waals surface area contributed by atoms with E-state index in [-0.39, 0.29) is 6.04 Å². The van der Waals surface area contributed by atoms with Crippen LogP contribution in [0.4, 0.5) is 0 Å². The number of hydrogen-bond acceptors (Lipinski definition) is 4. The van der Waals surface area contributed by atoms with Crippen LogP contribution in [-0.2, 0) is 16.6 Å². The summed E-state index contributed by atoms with van der Waals surface area (Å²) in [6, 6.07) is 2.25. The van der Waals surface area contributed by atoms with Crippen LogP contribution in [0.3, 0.4) is 0 Å². The minimum atomic E-state index is -3.10. The van der Waals surface area contributed by atoms with Gasteiger partial charge in [-0.2, -0.15) is 5.10 Å². The van der Waals surface area contributed by atoms with Crippen LogP contribution >= 0.6 is 0 Å². The average Bonchev–Trinajstić information content (AvgIpc) is 2.63. The highest BCUT2D eigenvalue weighted by Gasteiger charge is 2.23. The number of nitrogens with one attached hydrogen (secondary N) is 1. The van der Waals surface area contributed by atoms with Gasteiger partial charge in [0.15, 0.2) is 0 Å². The van der Waals surface area contributed by atoms with Gasteiger partial charge in [-0.1, -0.05) is 0 Å². The lowest BCUT2D eigenvalue weighted by Gasteiger charge is -2.31. The second-order valence-corrected chi connectivity index (χ2v) is 6.41. The molecule has 2 rings (SSSR count). The van der Waals surface area contributed by atoms with E-state index in [9.17, 15) is 8.42 Å². The van der Waals surface area contributed by atoms with E-state index in [1.165, 1.54) is 11.9 Å². The van der Waals surface area contributed by atoms with Crippen LogP contribution in [0, 0.1) is 0 Å².